The summed E-state index contributed by atoms with van der Waals surface area (Å²) in [4.78, 5) is 13.1. The van der Waals surface area contributed by atoms with Gasteiger partial charge in [0.15, 0.2) is 0 Å². The van der Waals surface area contributed by atoms with Crippen molar-refractivity contribution in [1.29, 1.82) is 0 Å². The third-order valence-electron chi connectivity index (χ3n) is 4.44. The van der Waals surface area contributed by atoms with Gasteiger partial charge in [0.1, 0.15) is 0 Å². The van der Waals surface area contributed by atoms with E-state index in [1.165, 1.54) is 45.1 Å². The molecule has 0 amide bonds. The van der Waals surface area contributed by atoms with Crippen LogP contribution in [0.1, 0.15) is 57.8 Å². The van der Waals surface area contributed by atoms with Crippen molar-refractivity contribution in [1.82, 2.24) is 4.90 Å². The average molecular weight is 276 g/mol. The summed E-state index contributed by atoms with van der Waals surface area (Å²) in [5, 5.41) is 8.62. The summed E-state index contributed by atoms with van der Waals surface area (Å²) in [5.41, 5.74) is 0. The zero-order valence-corrected chi connectivity index (χ0v) is 12.0. The summed E-state index contributed by atoms with van der Waals surface area (Å²) in [7, 11) is 0. The molecule has 0 spiro atoms. The lowest BCUT2D eigenvalue weighted by molar-refractivity contribution is -0.137. The molecular formula is C14H26ClNO2. The van der Waals surface area contributed by atoms with Crippen LogP contribution in [0.25, 0.3) is 0 Å². The molecule has 0 radical (unpaired) electrons. The monoisotopic (exact) mass is 275 g/mol. The molecule has 1 saturated heterocycles. The van der Waals surface area contributed by atoms with Crippen molar-refractivity contribution in [2.75, 3.05) is 13.1 Å². The molecule has 106 valence electrons. The highest BCUT2D eigenvalue weighted by Crippen LogP contribution is 2.35. The fourth-order valence-electron chi connectivity index (χ4n) is 3.60. The van der Waals surface area contributed by atoms with Crippen LogP contribution in [0.5, 0.6) is 0 Å². The molecular weight excluding hydrogens is 250 g/mol. The molecule has 0 bridgehead atoms. The number of hydrogen-bond acceptors (Lipinski definition) is 2. The summed E-state index contributed by atoms with van der Waals surface area (Å²) < 4.78 is 0. The summed E-state index contributed by atoms with van der Waals surface area (Å²) in [6.45, 7) is 2.36. The van der Waals surface area contributed by atoms with Crippen molar-refractivity contribution in [2.45, 2.75) is 63.8 Å². The third-order valence-corrected chi connectivity index (χ3v) is 4.44. The molecule has 0 aromatic rings. The number of carbonyl (C=O) groups is 1. The van der Waals surface area contributed by atoms with E-state index in [-0.39, 0.29) is 12.4 Å². The number of rotatable bonds is 6. The molecule has 1 heterocycles. The molecule has 1 aliphatic carbocycles. The molecule has 0 aromatic carbocycles. The van der Waals surface area contributed by atoms with Crippen LogP contribution in [0.15, 0.2) is 0 Å². The number of halogens is 1. The molecule has 1 aliphatic heterocycles. The topological polar surface area (TPSA) is 40.5 Å². The highest BCUT2D eigenvalue weighted by Gasteiger charge is 2.32. The van der Waals surface area contributed by atoms with E-state index in [2.05, 4.69) is 4.90 Å². The normalized spacial score (nSPS) is 25.2. The van der Waals surface area contributed by atoms with E-state index in [1.54, 1.807) is 0 Å². The second kappa shape index (κ2) is 8.00. The predicted octanol–water partition coefficient (Wildman–Crippen LogP) is 3.32. The highest BCUT2D eigenvalue weighted by atomic mass is 35.5. The van der Waals surface area contributed by atoms with Gasteiger partial charge in [-0.05, 0) is 57.5 Å². The third kappa shape index (κ3) is 4.43. The SMILES string of the molecule is Cl.O=C(O)CCCCN1CCCC1C1CCCC1. The first-order valence-corrected chi connectivity index (χ1v) is 7.23. The standard InChI is InChI=1S/C14H25NO2.ClH/c16-14(17)9-3-4-10-15-11-5-8-13(15)12-6-1-2-7-12;/h12-13H,1-11H2,(H,16,17);1H. The molecule has 3 nitrogen and oxygen atoms in total. The number of hydrogen-bond donors (Lipinski definition) is 1. The molecule has 1 N–H and O–H groups in total. The number of carboxylic acid groups (broad SMARTS) is 1. The Kier molecular flexibility index (Phi) is 7.02. The largest absolute Gasteiger partial charge is 0.481 e. The molecule has 1 saturated carbocycles. The van der Waals surface area contributed by atoms with Crippen molar-refractivity contribution in [3.63, 3.8) is 0 Å². The number of aliphatic carboxylic acids is 1. The number of nitrogens with zero attached hydrogens (tertiary/aromatic N) is 1. The van der Waals surface area contributed by atoms with Crippen LogP contribution in [0.4, 0.5) is 0 Å². The summed E-state index contributed by atoms with van der Waals surface area (Å²) >= 11 is 0. The fourth-order valence-corrected chi connectivity index (χ4v) is 3.60. The van der Waals surface area contributed by atoms with Crippen molar-refractivity contribution >= 4 is 18.4 Å². The predicted molar refractivity (Wildman–Crippen MR) is 75.3 cm³/mol. The Morgan fingerprint density at radius 3 is 2.50 bits per heavy atom. The maximum atomic E-state index is 10.5. The number of likely N-dealkylation sites (tertiary alicyclic amines) is 1. The molecule has 2 rings (SSSR count). The lowest BCUT2D eigenvalue weighted by Gasteiger charge is -2.29. The van der Waals surface area contributed by atoms with E-state index < -0.39 is 5.97 Å². The lowest BCUT2D eigenvalue weighted by Crippen LogP contribution is -2.35. The molecule has 1 unspecified atom stereocenters. The Morgan fingerprint density at radius 1 is 1.11 bits per heavy atom. The maximum Gasteiger partial charge on any atom is 0.303 e. The Labute approximate surface area is 116 Å². The maximum absolute atomic E-state index is 10.5. The van der Waals surface area contributed by atoms with E-state index in [9.17, 15) is 4.79 Å². The first-order chi connectivity index (χ1) is 8.27. The van der Waals surface area contributed by atoms with Crippen LogP contribution >= 0.6 is 12.4 Å². The van der Waals surface area contributed by atoms with E-state index in [4.69, 9.17) is 5.11 Å². The average Bonchev–Trinajstić information content (AvgIpc) is 2.94. The van der Waals surface area contributed by atoms with Gasteiger partial charge in [-0.15, -0.1) is 12.4 Å². The van der Waals surface area contributed by atoms with Crippen LogP contribution in [-0.4, -0.2) is 35.1 Å². The van der Waals surface area contributed by atoms with E-state index >= 15 is 0 Å². The zero-order chi connectivity index (χ0) is 12.1. The number of carboxylic acids is 1. The summed E-state index contributed by atoms with van der Waals surface area (Å²) in [6, 6.07) is 0.822. The smallest absolute Gasteiger partial charge is 0.303 e. The molecule has 1 atom stereocenters. The van der Waals surface area contributed by atoms with Gasteiger partial charge in [-0.1, -0.05) is 12.8 Å². The van der Waals surface area contributed by atoms with Crippen molar-refractivity contribution in [2.24, 2.45) is 5.92 Å². The Morgan fingerprint density at radius 2 is 1.83 bits per heavy atom. The van der Waals surface area contributed by atoms with Gasteiger partial charge < -0.3 is 10.0 Å². The first-order valence-electron chi connectivity index (χ1n) is 7.23. The van der Waals surface area contributed by atoms with Gasteiger partial charge >= 0.3 is 5.97 Å². The molecule has 18 heavy (non-hydrogen) atoms. The van der Waals surface area contributed by atoms with E-state index in [0.29, 0.717) is 6.42 Å². The molecule has 2 fully saturated rings. The van der Waals surface area contributed by atoms with Gasteiger partial charge in [0.05, 0.1) is 0 Å². The van der Waals surface area contributed by atoms with Gasteiger partial charge in [0.2, 0.25) is 0 Å². The van der Waals surface area contributed by atoms with Crippen LogP contribution in [-0.2, 0) is 4.79 Å². The van der Waals surface area contributed by atoms with Crippen molar-refractivity contribution in [3.8, 4) is 0 Å². The van der Waals surface area contributed by atoms with Crippen LogP contribution in [0, 0.1) is 5.92 Å². The lowest BCUT2D eigenvalue weighted by atomic mass is 9.96. The van der Waals surface area contributed by atoms with Gasteiger partial charge in [-0.2, -0.15) is 0 Å². The Bertz CT molecular complexity index is 254. The minimum atomic E-state index is -0.654. The quantitative estimate of drug-likeness (QED) is 0.756. The molecule has 0 aromatic heterocycles. The minimum absolute atomic E-state index is 0. The van der Waals surface area contributed by atoms with Gasteiger partial charge in [0.25, 0.3) is 0 Å². The fraction of sp³-hybridized carbons (Fsp3) is 0.929. The minimum Gasteiger partial charge on any atom is -0.481 e. The highest BCUT2D eigenvalue weighted by molar-refractivity contribution is 5.85. The number of unbranched alkanes of at least 4 members (excludes halogenated alkanes) is 1. The summed E-state index contributed by atoms with van der Waals surface area (Å²) in [6.07, 6.45) is 10.7. The molecule has 4 heteroatoms. The second-order valence-electron chi connectivity index (χ2n) is 5.64. The van der Waals surface area contributed by atoms with Gasteiger partial charge in [-0.25, -0.2) is 0 Å². The van der Waals surface area contributed by atoms with Gasteiger partial charge in [-0.3, -0.25) is 4.79 Å². The van der Waals surface area contributed by atoms with E-state index in [1.807, 2.05) is 0 Å². The van der Waals surface area contributed by atoms with Crippen LogP contribution in [0.3, 0.4) is 0 Å². The molecule has 2 aliphatic rings. The van der Waals surface area contributed by atoms with Crippen LogP contribution in [0.2, 0.25) is 0 Å². The zero-order valence-electron chi connectivity index (χ0n) is 11.1. The Hall–Kier alpha value is -0.280. The second-order valence-corrected chi connectivity index (χ2v) is 5.64. The van der Waals surface area contributed by atoms with E-state index in [0.717, 1.165) is 31.3 Å². The van der Waals surface area contributed by atoms with Crippen molar-refractivity contribution < 1.29 is 9.90 Å². The summed E-state index contributed by atoms with van der Waals surface area (Å²) in [5.74, 6) is 0.288. The van der Waals surface area contributed by atoms with Crippen molar-refractivity contribution in [3.05, 3.63) is 0 Å². The first kappa shape index (κ1) is 15.8. The van der Waals surface area contributed by atoms with Crippen LogP contribution < -0.4 is 0 Å². The van der Waals surface area contributed by atoms with Gasteiger partial charge in [0, 0.05) is 12.5 Å². The Balaban J connectivity index is 0.00000162.